The van der Waals surface area contributed by atoms with Crippen molar-refractivity contribution in [3.05, 3.63) is 11.5 Å². The van der Waals surface area contributed by atoms with E-state index in [-0.39, 0.29) is 0 Å². The van der Waals surface area contributed by atoms with Crippen LogP contribution in [0.5, 0.6) is 0 Å². The number of hydrogen-bond acceptors (Lipinski definition) is 3. The van der Waals surface area contributed by atoms with Crippen LogP contribution in [0.4, 0.5) is 5.82 Å². The molecule has 0 atom stereocenters. The number of aromatic nitrogens is 2. The van der Waals surface area contributed by atoms with E-state index in [2.05, 4.69) is 39.2 Å². The highest BCUT2D eigenvalue weighted by Gasteiger charge is 2.18. The SMILES string of the molecule is CCSCCc1nc(C(C)C)n(C(C)C)c1N. The van der Waals surface area contributed by atoms with Crippen molar-refractivity contribution in [3.63, 3.8) is 0 Å². The molecule has 0 unspecified atom stereocenters. The van der Waals surface area contributed by atoms with Crippen molar-refractivity contribution < 1.29 is 0 Å². The van der Waals surface area contributed by atoms with E-state index in [1.165, 1.54) is 0 Å². The Kier molecular flexibility index (Phi) is 5.37. The highest BCUT2D eigenvalue weighted by atomic mass is 32.2. The Balaban J connectivity index is 2.96. The second-order valence-corrected chi connectivity index (χ2v) is 6.26. The predicted molar refractivity (Wildman–Crippen MR) is 77.8 cm³/mol. The summed E-state index contributed by atoms with van der Waals surface area (Å²) in [6.45, 7) is 10.8. The first kappa shape index (κ1) is 14.4. The number of aryl methyl sites for hydroxylation is 1. The Morgan fingerprint density at radius 1 is 1.29 bits per heavy atom. The maximum atomic E-state index is 6.22. The third kappa shape index (κ3) is 3.41. The van der Waals surface area contributed by atoms with E-state index < -0.39 is 0 Å². The molecule has 1 heterocycles. The first-order chi connectivity index (χ1) is 7.99. The summed E-state index contributed by atoms with van der Waals surface area (Å²) < 4.78 is 2.18. The average Bonchev–Trinajstić information content (AvgIpc) is 2.57. The molecule has 1 rings (SSSR count). The van der Waals surface area contributed by atoms with Gasteiger partial charge in [-0.25, -0.2) is 4.98 Å². The molecule has 1 aromatic heterocycles. The Morgan fingerprint density at radius 3 is 2.35 bits per heavy atom. The Morgan fingerprint density at radius 2 is 1.94 bits per heavy atom. The number of imidazole rings is 1. The maximum absolute atomic E-state index is 6.22. The summed E-state index contributed by atoms with van der Waals surface area (Å²) in [5, 5.41) is 0. The number of thioether (sulfide) groups is 1. The first-order valence-corrected chi connectivity index (χ1v) is 7.58. The second kappa shape index (κ2) is 6.34. The number of rotatable bonds is 6. The summed E-state index contributed by atoms with van der Waals surface area (Å²) >= 11 is 1.94. The van der Waals surface area contributed by atoms with Gasteiger partial charge in [-0.05, 0) is 25.4 Å². The van der Waals surface area contributed by atoms with Crippen LogP contribution in [0.25, 0.3) is 0 Å². The summed E-state index contributed by atoms with van der Waals surface area (Å²) in [6, 6.07) is 0.382. The van der Waals surface area contributed by atoms with Crippen molar-refractivity contribution in [3.8, 4) is 0 Å². The zero-order valence-electron chi connectivity index (χ0n) is 11.7. The number of nitrogens with zero attached hydrogens (tertiary/aromatic N) is 2. The summed E-state index contributed by atoms with van der Waals surface area (Å²) in [5.41, 5.74) is 7.29. The fourth-order valence-electron chi connectivity index (χ4n) is 1.96. The molecule has 3 nitrogen and oxygen atoms in total. The molecule has 0 aliphatic heterocycles. The summed E-state index contributed by atoms with van der Waals surface area (Å²) in [5.74, 6) is 4.66. The average molecular weight is 255 g/mol. The lowest BCUT2D eigenvalue weighted by Gasteiger charge is -2.15. The van der Waals surface area contributed by atoms with E-state index in [4.69, 9.17) is 10.7 Å². The van der Waals surface area contributed by atoms with E-state index in [0.717, 1.165) is 35.3 Å². The Labute approximate surface area is 109 Å². The molecule has 0 bridgehead atoms. The smallest absolute Gasteiger partial charge is 0.127 e. The molecular formula is C13H25N3S. The molecule has 0 amide bonds. The Bertz CT molecular complexity index is 356. The summed E-state index contributed by atoms with van der Waals surface area (Å²) in [6.07, 6.45) is 0.976. The molecule has 1 aromatic rings. The van der Waals surface area contributed by atoms with Gasteiger partial charge in [0.25, 0.3) is 0 Å². The fraction of sp³-hybridized carbons (Fsp3) is 0.769. The molecule has 17 heavy (non-hydrogen) atoms. The van der Waals surface area contributed by atoms with Crippen molar-refractivity contribution in [2.24, 2.45) is 0 Å². The lowest BCUT2D eigenvalue weighted by molar-refractivity contribution is 0.556. The van der Waals surface area contributed by atoms with Crippen LogP contribution < -0.4 is 5.73 Å². The molecule has 0 spiro atoms. The third-order valence-corrected chi connectivity index (χ3v) is 3.67. The van der Waals surface area contributed by atoms with Crippen LogP contribution in [0, 0.1) is 0 Å². The zero-order valence-corrected chi connectivity index (χ0v) is 12.5. The van der Waals surface area contributed by atoms with Crippen molar-refractivity contribution in [1.82, 2.24) is 9.55 Å². The van der Waals surface area contributed by atoms with Crippen LogP contribution >= 0.6 is 11.8 Å². The van der Waals surface area contributed by atoms with Crippen LogP contribution in [-0.4, -0.2) is 21.1 Å². The summed E-state index contributed by atoms with van der Waals surface area (Å²) in [7, 11) is 0. The minimum atomic E-state index is 0.382. The predicted octanol–water partition coefficient (Wildman–Crippen LogP) is 3.47. The van der Waals surface area contributed by atoms with Gasteiger partial charge < -0.3 is 10.3 Å². The largest absolute Gasteiger partial charge is 0.384 e. The van der Waals surface area contributed by atoms with E-state index in [9.17, 15) is 0 Å². The van der Waals surface area contributed by atoms with Gasteiger partial charge in [-0.1, -0.05) is 20.8 Å². The highest BCUT2D eigenvalue weighted by Crippen LogP contribution is 2.26. The van der Waals surface area contributed by atoms with Crippen molar-refractivity contribution in [2.45, 2.75) is 53.0 Å². The maximum Gasteiger partial charge on any atom is 0.127 e. The first-order valence-electron chi connectivity index (χ1n) is 6.43. The molecule has 2 N–H and O–H groups in total. The van der Waals surface area contributed by atoms with Crippen molar-refractivity contribution in [1.29, 1.82) is 0 Å². The van der Waals surface area contributed by atoms with Crippen LogP contribution in [0.1, 0.15) is 58.1 Å². The molecular weight excluding hydrogens is 230 g/mol. The molecule has 0 saturated heterocycles. The van der Waals surface area contributed by atoms with Gasteiger partial charge in [0, 0.05) is 18.4 Å². The van der Waals surface area contributed by atoms with Gasteiger partial charge >= 0.3 is 0 Å². The second-order valence-electron chi connectivity index (χ2n) is 4.87. The zero-order chi connectivity index (χ0) is 13.0. The van der Waals surface area contributed by atoms with Crippen LogP contribution in [0.2, 0.25) is 0 Å². The summed E-state index contributed by atoms with van der Waals surface area (Å²) in [4.78, 5) is 4.73. The van der Waals surface area contributed by atoms with E-state index in [0.29, 0.717) is 12.0 Å². The van der Waals surface area contributed by atoms with Gasteiger partial charge in [0.1, 0.15) is 11.6 Å². The molecule has 0 aliphatic carbocycles. The quantitative estimate of drug-likeness (QED) is 0.792. The van der Waals surface area contributed by atoms with Gasteiger partial charge in [0.05, 0.1) is 5.69 Å². The van der Waals surface area contributed by atoms with Crippen molar-refractivity contribution >= 4 is 17.6 Å². The molecule has 0 aliphatic rings. The minimum Gasteiger partial charge on any atom is -0.384 e. The molecule has 98 valence electrons. The van der Waals surface area contributed by atoms with Gasteiger partial charge in [-0.3, -0.25) is 0 Å². The van der Waals surface area contributed by atoms with Crippen LogP contribution in [-0.2, 0) is 6.42 Å². The van der Waals surface area contributed by atoms with Gasteiger partial charge in [0.2, 0.25) is 0 Å². The standard InChI is InChI=1S/C13H25N3S/c1-6-17-8-7-11-12(14)16(10(4)5)13(15-11)9(2)3/h9-10H,6-8,14H2,1-5H3. The van der Waals surface area contributed by atoms with Gasteiger partial charge in [0.15, 0.2) is 0 Å². The van der Waals surface area contributed by atoms with Crippen LogP contribution in [0.3, 0.4) is 0 Å². The number of hydrogen-bond donors (Lipinski definition) is 1. The molecule has 0 fully saturated rings. The van der Waals surface area contributed by atoms with Gasteiger partial charge in [-0.2, -0.15) is 11.8 Å². The molecule has 0 aromatic carbocycles. The topological polar surface area (TPSA) is 43.8 Å². The number of nitrogen functional groups attached to an aromatic ring is 1. The highest BCUT2D eigenvalue weighted by molar-refractivity contribution is 7.99. The number of nitrogens with two attached hydrogens (primary N) is 1. The minimum absolute atomic E-state index is 0.382. The fourth-order valence-corrected chi connectivity index (χ4v) is 2.59. The normalized spacial score (nSPS) is 11.7. The molecule has 0 saturated carbocycles. The lowest BCUT2D eigenvalue weighted by Crippen LogP contribution is -2.10. The van der Waals surface area contributed by atoms with E-state index in [1.807, 2.05) is 11.8 Å². The monoisotopic (exact) mass is 255 g/mol. The lowest BCUT2D eigenvalue weighted by atomic mass is 10.2. The number of anilines is 1. The molecule has 0 radical (unpaired) electrons. The van der Waals surface area contributed by atoms with E-state index in [1.54, 1.807) is 0 Å². The third-order valence-electron chi connectivity index (χ3n) is 2.77. The molecule has 4 heteroatoms. The van der Waals surface area contributed by atoms with Gasteiger partial charge in [-0.15, -0.1) is 0 Å². The van der Waals surface area contributed by atoms with Crippen molar-refractivity contribution in [2.75, 3.05) is 17.2 Å². The Hall–Kier alpha value is -0.640. The van der Waals surface area contributed by atoms with Crippen LogP contribution in [0.15, 0.2) is 0 Å². The van der Waals surface area contributed by atoms with E-state index >= 15 is 0 Å².